The fourth-order valence-electron chi connectivity index (χ4n) is 10.7. The lowest BCUT2D eigenvalue weighted by Crippen LogP contribution is -2.44. The van der Waals surface area contributed by atoms with Gasteiger partial charge in [0, 0.05) is 87.0 Å². The van der Waals surface area contributed by atoms with E-state index < -0.39 is 0 Å². The van der Waals surface area contributed by atoms with Gasteiger partial charge in [0.1, 0.15) is 11.4 Å². The Balaban J connectivity index is 0.738. The van der Waals surface area contributed by atoms with Gasteiger partial charge < -0.3 is 45.7 Å². The molecule has 3 atom stereocenters. The third kappa shape index (κ3) is 19.1. The molecule has 2 aromatic carbocycles. The summed E-state index contributed by atoms with van der Waals surface area (Å²) in [7, 11) is 1.59. The molecule has 2 unspecified atom stereocenters. The molecule has 5 heterocycles. The maximum absolute atomic E-state index is 14.1. The number of nitrogens with zero attached hydrogens (tertiary/aromatic N) is 3. The van der Waals surface area contributed by atoms with E-state index in [1.807, 2.05) is 11.8 Å². The van der Waals surface area contributed by atoms with Crippen molar-refractivity contribution in [2.24, 2.45) is 5.92 Å². The smallest absolute Gasteiger partial charge is 0.315 e. The molecule has 5 N–H and O–H groups in total. The van der Waals surface area contributed by atoms with Crippen molar-refractivity contribution in [3.8, 4) is 5.75 Å². The molecule has 0 aliphatic carbocycles. The number of benzene rings is 2. The van der Waals surface area contributed by atoms with E-state index in [0.717, 1.165) is 64.2 Å². The van der Waals surface area contributed by atoms with Crippen LogP contribution in [0.15, 0.2) is 60.8 Å². The quantitative estimate of drug-likeness (QED) is 0.0228. The average Bonchev–Trinajstić information content (AvgIpc) is 4.02. The summed E-state index contributed by atoms with van der Waals surface area (Å²) in [6.07, 6.45) is 17.5. The number of thioether (sulfide) groups is 1. The van der Waals surface area contributed by atoms with Crippen molar-refractivity contribution in [1.82, 2.24) is 41.4 Å². The van der Waals surface area contributed by atoms with Crippen LogP contribution in [0, 0.1) is 12.8 Å². The van der Waals surface area contributed by atoms with Crippen LogP contribution in [0.5, 0.6) is 5.75 Å². The van der Waals surface area contributed by atoms with Gasteiger partial charge in [0.15, 0.2) is 5.78 Å². The Morgan fingerprint density at radius 2 is 1.45 bits per heavy atom. The first-order chi connectivity index (χ1) is 37.1. The van der Waals surface area contributed by atoms with Crippen molar-refractivity contribution in [3.05, 3.63) is 94.3 Å². The summed E-state index contributed by atoms with van der Waals surface area (Å²) < 4.78 is 16.7. The second kappa shape index (κ2) is 32.0. The average molecular weight is 1070 g/mol. The molecule has 1 aromatic heterocycles. The van der Waals surface area contributed by atoms with Crippen LogP contribution in [0.2, 0.25) is 0 Å². The predicted molar refractivity (Wildman–Crippen MR) is 299 cm³/mol. The van der Waals surface area contributed by atoms with Crippen molar-refractivity contribution in [1.29, 1.82) is 0 Å². The first-order valence-electron chi connectivity index (χ1n) is 28.5. The van der Waals surface area contributed by atoms with E-state index in [4.69, 9.17) is 14.2 Å². The summed E-state index contributed by atoms with van der Waals surface area (Å²) >= 11 is 2.00. The summed E-state index contributed by atoms with van der Waals surface area (Å²) in [5, 5.41) is 16.5. The number of rotatable bonds is 33. The molecule has 416 valence electrons. The lowest BCUT2D eigenvalue weighted by Gasteiger charge is -2.32. The summed E-state index contributed by atoms with van der Waals surface area (Å²) in [4.78, 5) is 74.2. The molecule has 76 heavy (non-hydrogen) atoms. The number of hydrogen-bond acceptors (Lipinski definition) is 12. The van der Waals surface area contributed by atoms with Gasteiger partial charge >= 0.3 is 6.03 Å². The van der Waals surface area contributed by atoms with Gasteiger partial charge in [-0.3, -0.25) is 24.1 Å². The van der Waals surface area contributed by atoms with Crippen LogP contribution >= 0.6 is 11.8 Å². The van der Waals surface area contributed by atoms with Gasteiger partial charge in [-0.2, -0.15) is 11.8 Å². The second-order valence-electron chi connectivity index (χ2n) is 21.2. The number of piperidine rings is 2. The molecule has 0 spiro atoms. The molecule has 0 saturated carbocycles. The SMILES string of the molecule is COc1ccc(C(=O)C2CCN(C(=O)c3ncc(C(=O)NC4CCN(Cc5ccc(C)cc5)CC4)cc3CCCNC(=O)CCOCCOCCCCCCCCNCCCCC[C@@H]3SCC4NC(=O)NC43)CC2)cc1. The monoisotopic (exact) mass is 1070 g/mol. The van der Waals surface area contributed by atoms with Crippen molar-refractivity contribution in [2.45, 2.75) is 146 Å². The zero-order valence-corrected chi connectivity index (χ0v) is 46.2. The van der Waals surface area contributed by atoms with E-state index in [0.29, 0.717) is 117 Å². The highest BCUT2D eigenvalue weighted by atomic mass is 32.2. The van der Waals surface area contributed by atoms with E-state index in [2.05, 4.69) is 67.7 Å². The summed E-state index contributed by atoms with van der Waals surface area (Å²) in [5.74, 6) is 1.07. The predicted octanol–water partition coefficient (Wildman–Crippen LogP) is 7.66. The van der Waals surface area contributed by atoms with Gasteiger partial charge in [0.2, 0.25) is 5.91 Å². The molecule has 16 nitrogen and oxygen atoms in total. The number of hydrogen-bond donors (Lipinski definition) is 5. The topological polar surface area (TPSA) is 193 Å². The maximum atomic E-state index is 14.1. The van der Waals surface area contributed by atoms with Crippen LogP contribution in [-0.2, 0) is 27.2 Å². The number of aromatic nitrogens is 1. The zero-order valence-electron chi connectivity index (χ0n) is 45.4. The highest BCUT2D eigenvalue weighted by Crippen LogP contribution is 2.33. The van der Waals surface area contributed by atoms with Crippen molar-refractivity contribution >= 4 is 41.3 Å². The number of likely N-dealkylation sites (tertiary alicyclic amines) is 2. The minimum Gasteiger partial charge on any atom is -0.497 e. The largest absolute Gasteiger partial charge is 0.497 e. The molecule has 17 heteroatoms. The zero-order chi connectivity index (χ0) is 53.3. The van der Waals surface area contributed by atoms with Crippen LogP contribution in [0.25, 0.3) is 0 Å². The van der Waals surface area contributed by atoms with Gasteiger partial charge in [-0.1, -0.05) is 68.4 Å². The lowest BCUT2D eigenvalue weighted by molar-refractivity contribution is -0.122. The Hall–Kier alpha value is -5.07. The number of amides is 5. The molecule has 0 bridgehead atoms. The number of pyridine rings is 1. The maximum Gasteiger partial charge on any atom is 0.315 e. The number of methoxy groups -OCH3 is 1. The first-order valence-corrected chi connectivity index (χ1v) is 29.5. The van der Waals surface area contributed by atoms with E-state index in [9.17, 15) is 24.0 Å². The minimum atomic E-state index is -0.217. The Morgan fingerprint density at radius 1 is 0.750 bits per heavy atom. The van der Waals surface area contributed by atoms with Gasteiger partial charge in [-0.05, 0) is 126 Å². The standard InChI is InChI=1S/C59H86N8O8S/c1-43-15-17-44(18-16-43)41-66-31-25-49(26-32-66)63-57(70)48-39-47(54(62-40-48)58(71)67-33-23-46(24-34-67)56(69)45-19-21-50(73-2)22-20-45)13-12-30-61-53(68)27-36-75-38-37-74-35-11-6-4-3-5-9-28-60-29-10-7-8-14-52-55-51(42-76-52)64-59(72)65-55/h15-22,39-40,46,49,51-52,55,60H,3-14,23-38,41-42H2,1-2H3,(H,61,68)(H,63,70)(H2,64,65,72)/t51?,52-,55?/m0/s1. The highest BCUT2D eigenvalue weighted by molar-refractivity contribution is 8.00. The Kier molecular flexibility index (Phi) is 24.7. The molecule has 4 aliphatic heterocycles. The molecule has 5 amide bonds. The number of unbranched alkanes of at least 4 members (excludes halogenated alkanes) is 7. The third-order valence-corrected chi connectivity index (χ3v) is 16.9. The number of aryl methyl sites for hydroxylation is 2. The number of carbonyl (C=O) groups excluding carboxylic acids is 5. The molecular formula is C59H86N8O8S. The van der Waals surface area contributed by atoms with Crippen LogP contribution in [-0.4, -0.2) is 153 Å². The Labute approximate surface area is 456 Å². The molecule has 4 fully saturated rings. The number of fused-ring (bicyclic) bond motifs is 1. The molecular weight excluding hydrogens is 981 g/mol. The van der Waals surface area contributed by atoms with E-state index in [1.54, 1.807) is 42.3 Å². The molecule has 4 saturated heterocycles. The van der Waals surface area contributed by atoms with Crippen LogP contribution in [0.1, 0.15) is 151 Å². The molecule has 4 aliphatic rings. The minimum absolute atomic E-state index is 0.000484. The van der Waals surface area contributed by atoms with Crippen LogP contribution in [0.3, 0.4) is 0 Å². The number of carbonyl (C=O) groups is 5. The fourth-order valence-corrected chi connectivity index (χ4v) is 12.3. The summed E-state index contributed by atoms with van der Waals surface area (Å²) in [6, 6.07) is 18.2. The molecule has 0 radical (unpaired) electrons. The number of ketones is 1. The number of urea groups is 1. The fraction of sp³-hybridized carbons (Fsp3) is 0.627. The van der Waals surface area contributed by atoms with Crippen LogP contribution < -0.4 is 31.3 Å². The van der Waals surface area contributed by atoms with E-state index >= 15 is 0 Å². The summed E-state index contributed by atoms with van der Waals surface area (Å²) in [5.41, 5.74) is 4.53. The van der Waals surface area contributed by atoms with Gasteiger partial charge in [-0.15, -0.1) is 0 Å². The van der Waals surface area contributed by atoms with Crippen molar-refractivity contribution < 1.29 is 38.2 Å². The first kappa shape index (κ1) is 58.6. The van der Waals surface area contributed by atoms with E-state index in [-0.39, 0.29) is 47.9 Å². The highest BCUT2D eigenvalue weighted by Gasteiger charge is 2.42. The van der Waals surface area contributed by atoms with Gasteiger partial charge in [-0.25, -0.2) is 9.78 Å². The number of ether oxygens (including phenoxy) is 3. The normalized spacial score (nSPS) is 19.0. The third-order valence-electron chi connectivity index (χ3n) is 15.4. The summed E-state index contributed by atoms with van der Waals surface area (Å²) in [6.45, 7) is 10.1. The molecule has 3 aromatic rings. The molecule has 7 rings (SSSR count). The Morgan fingerprint density at radius 3 is 2.18 bits per heavy atom. The van der Waals surface area contributed by atoms with Gasteiger partial charge in [0.05, 0.1) is 44.6 Å². The Bertz CT molecular complexity index is 2270. The van der Waals surface area contributed by atoms with E-state index in [1.165, 1.54) is 68.7 Å². The van der Waals surface area contributed by atoms with Gasteiger partial charge in [0.25, 0.3) is 11.8 Å². The van der Waals surface area contributed by atoms with Crippen molar-refractivity contribution in [3.63, 3.8) is 0 Å². The number of Topliss-reactive ketones (excluding diaryl/α,β-unsaturated/α-hetero) is 1. The van der Waals surface area contributed by atoms with Crippen LogP contribution in [0.4, 0.5) is 4.79 Å². The second-order valence-corrected chi connectivity index (χ2v) is 22.4. The van der Waals surface area contributed by atoms with Crippen molar-refractivity contribution in [2.75, 3.05) is 85.1 Å². The number of nitrogens with one attached hydrogen (secondary N) is 5. The lowest BCUT2D eigenvalue weighted by atomic mass is 9.88.